The fourth-order valence-corrected chi connectivity index (χ4v) is 2.75. The maximum atomic E-state index is 12.1. The summed E-state index contributed by atoms with van der Waals surface area (Å²) in [6.45, 7) is 3.82. The molecule has 0 aliphatic rings. The third-order valence-electron chi connectivity index (χ3n) is 4.45. The first kappa shape index (κ1) is 26.4. The van der Waals surface area contributed by atoms with Crippen LogP contribution in [-0.4, -0.2) is 44.1 Å². The standard InChI is InChI=1S/C25H30N2O7/c1-17(2)15-34-25(31)18-10-12-19(13-11-18)26-22(28)8-5-9-24(30)33-16-23(29)27-20-6-4-7-21(14-20)32-3/h4,6-7,10-14,17H,5,8-9,15-16H2,1-3H3,(H,26,28)(H,27,29). The Bertz CT molecular complexity index is 987. The van der Waals surface area contributed by atoms with Crippen LogP contribution in [0.1, 0.15) is 43.5 Å². The van der Waals surface area contributed by atoms with Crippen LogP contribution in [-0.2, 0) is 23.9 Å². The number of carbonyl (C=O) groups is 4. The molecule has 0 unspecified atom stereocenters. The number of esters is 2. The molecule has 9 nitrogen and oxygen atoms in total. The Morgan fingerprint density at radius 1 is 0.853 bits per heavy atom. The molecule has 2 amide bonds. The first-order valence-electron chi connectivity index (χ1n) is 10.9. The van der Waals surface area contributed by atoms with E-state index in [1.54, 1.807) is 48.5 Å². The van der Waals surface area contributed by atoms with E-state index in [0.717, 1.165) is 0 Å². The van der Waals surface area contributed by atoms with Crippen LogP contribution in [0.15, 0.2) is 48.5 Å². The van der Waals surface area contributed by atoms with Crippen LogP contribution < -0.4 is 15.4 Å². The minimum absolute atomic E-state index is 0.000486. The largest absolute Gasteiger partial charge is 0.497 e. The molecule has 0 radical (unpaired) electrons. The first-order valence-corrected chi connectivity index (χ1v) is 10.9. The number of hydrogen-bond acceptors (Lipinski definition) is 7. The van der Waals surface area contributed by atoms with E-state index in [9.17, 15) is 19.2 Å². The van der Waals surface area contributed by atoms with Crippen molar-refractivity contribution in [1.29, 1.82) is 0 Å². The molecule has 0 aliphatic heterocycles. The number of carbonyl (C=O) groups excluding carboxylic acids is 4. The van der Waals surface area contributed by atoms with Crippen LogP contribution in [0.5, 0.6) is 5.75 Å². The summed E-state index contributed by atoms with van der Waals surface area (Å²) in [5.74, 6) is -0.904. The highest BCUT2D eigenvalue weighted by atomic mass is 16.5. The topological polar surface area (TPSA) is 120 Å². The molecule has 0 heterocycles. The minimum atomic E-state index is -0.571. The molecule has 0 aromatic heterocycles. The lowest BCUT2D eigenvalue weighted by Gasteiger charge is -2.09. The van der Waals surface area contributed by atoms with E-state index < -0.39 is 24.5 Å². The first-order chi connectivity index (χ1) is 16.3. The van der Waals surface area contributed by atoms with Gasteiger partial charge in [0, 0.05) is 30.3 Å². The van der Waals surface area contributed by atoms with Crippen LogP contribution in [0.4, 0.5) is 11.4 Å². The van der Waals surface area contributed by atoms with Gasteiger partial charge >= 0.3 is 11.9 Å². The van der Waals surface area contributed by atoms with Gasteiger partial charge in [-0.1, -0.05) is 19.9 Å². The molecule has 9 heteroatoms. The SMILES string of the molecule is COc1cccc(NC(=O)COC(=O)CCCC(=O)Nc2ccc(C(=O)OCC(C)C)cc2)c1. The Labute approximate surface area is 198 Å². The third kappa shape index (κ3) is 9.72. The van der Waals surface area contributed by atoms with E-state index in [0.29, 0.717) is 29.3 Å². The predicted octanol–water partition coefficient (Wildman–Crippen LogP) is 3.80. The molecule has 0 bridgehead atoms. The number of nitrogens with one attached hydrogen (secondary N) is 2. The van der Waals surface area contributed by atoms with E-state index >= 15 is 0 Å². The van der Waals surface area contributed by atoms with Gasteiger partial charge in [0.05, 0.1) is 19.3 Å². The van der Waals surface area contributed by atoms with Gasteiger partial charge in [0.2, 0.25) is 5.91 Å². The molecule has 34 heavy (non-hydrogen) atoms. The number of amides is 2. The van der Waals surface area contributed by atoms with Crippen molar-refractivity contribution >= 4 is 35.1 Å². The number of rotatable bonds is 12. The summed E-state index contributed by atoms with van der Waals surface area (Å²) in [6.07, 6.45) is 0.367. The van der Waals surface area contributed by atoms with E-state index in [-0.39, 0.29) is 31.1 Å². The van der Waals surface area contributed by atoms with Crippen molar-refractivity contribution in [3.05, 3.63) is 54.1 Å². The smallest absolute Gasteiger partial charge is 0.338 e. The highest BCUT2D eigenvalue weighted by Crippen LogP contribution is 2.16. The number of ether oxygens (including phenoxy) is 3. The summed E-state index contributed by atoms with van der Waals surface area (Å²) >= 11 is 0. The van der Waals surface area contributed by atoms with Gasteiger partial charge < -0.3 is 24.8 Å². The van der Waals surface area contributed by atoms with Crippen LogP contribution in [0.25, 0.3) is 0 Å². The van der Waals surface area contributed by atoms with Crippen molar-refractivity contribution in [2.24, 2.45) is 5.92 Å². The molecule has 2 aromatic carbocycles. The number of anilines is 2. The van der Waals surface area contributed by atoms with Crippen molar-refractivity contribution in [3.63, 3.8) is 0 Å². The van der Waals surface area contributed by atoms with Gasteiger partial charge in [-0.2, -0.15) is 0 Å². The lowest BCUT2D eigenvalue weighted by Crippen LogP contribution is -2.21. The number of hydrogen-bond donors (Lipinski definition) is 2. The maximum absolute atomic E-state index is 12.1. The maximum Gasteiger partial charge on any atom is 0.338 e. The van der Waals surface area contributed by atoms with Gasteiger partial charge in [-0.25, -0.2) is 4.79 Å². The number of methoxy groups -OCH3 is 1. The monoisotopic (exact) mass is 470 g/mol. The van der Waals surface area contributed by atoms with Crippen LogP contribution in [0.3, 0.4) is 0 Å². The van der Waals surface area contributed by atoms with Crippen molar-refractivity contribution in [3.8, 4) is 5.75 Å². The second-order valence-corrected chi connectivity index (χ2v) is 7.91. The summed E-state index contributed by atoms with van der Waals surface area (Å²) in [4.78, 5) is 47.8. The predicted molar refractivity (Wildman–Crippen MR) is 127 cm³/mol. The molecule has 0 aliphatic carbocycles. The van der Waals surface area contributed by atoms with Crippen LogP contribution in [0.2, 0.25) is 0 Å². The normalized spacial score (nSPS) is 10.4. The second-order valence-electron chi connectivity index (χ2n) is 7.91. The minimum Gasteiger partial charge on any atom is -0.497 e. The molecule has 0 atom stereocenters. The zero-order valence-corrected chi connectivity index (χ0v) is 19.6. The second kappa shape index (κ2) is 13.6. The van der Waals surface area contributed by atoms with E-state index in [2.05, 4.69) is 10.6 Å². The average molecular weight is 471 g/mol. The summed E-state index contributed by atoms with van der Waals surface area (Å²) in [5, 5.41) is 5.31. The lowest BCUT2D eigenvalue weighted by molar-refractivity contribution is -0.147. The summed E-state index contributed by atoms with van der Waals surface area (Å²) in [6, 6.07) is 13.2. The van der Waals surface area contributed by atoms with Gasteiger partial charge in [0.1, 0.15) is 5.75 Å². The molecular weight excluding hydrogens is 440 g/mol. The number of benzene rings is 2. The van der Waals surface area contributed by atoms with E-state index in [1.807, 2.05) is 13.8 Å². The highest BCUT2D eigenvalue weighted by molar-refractivity contribution is 5.94. The lowest BCUT2D eigenvalue weighted by atomic mass is 10.2. The zero-order chi connectivity index (χ0) is 24.9. The van der Waals surface area contributed by atoms with Crippen LogP contribution in [0, 0.1) is 5.92 Å². The fourth-order valence-electron chi connectivity index (χ4n) is 2.75. The van der Waals surface area contributed by atoms with Crippen molar-refractivity contribution < 1.29 is 33.4 Å². The Hall–Kier alpha value is -3.88. The summed E-state index contributed by atoms with van der Waals surface area (Å²) in [7, 11) is 1.52. The Morgan fingerprint density at radius 2 is 1.56 bits per heavy atom. The van der Waals surface area contributed by atoms with Crippen molar-refractivity contribution in [1.82, 2.24) is 0 Å². The zero-order valence-electron chi connectivity index (χ0n) is 19.6. The molecule has 0 spiro atoms. The Morgan fingerprint density at radius 3 is 2.24 bits per heavy atom. The van der Waals surface area contributed by atoms with Crippen molar-refractivity contribution in [2.45, 2.75) is 33.1 Å². The molecule has 182 valence electrons. The van der Waals surface area contributed by atoms with E-state index in [4.69, 9.17) is 14.2 Å². The van der Waals surface area contributed by atoms with Crippen LogP contribution >= 0.6 is 0 Å². The van der Waals surface area contributed by atoms with E-state index in [1.165, 1.54) is 7.11 Å². The van der Waals surface area contributed by atoms with Gasteiger partial charge in [-0.05, 0) is 48.7 Å². The van der Waals surface area contributed by atoms with Gasteiger partial charge in [0.25, 0.3) is 5.91 Å². The van der Waals surface area contributed by atoms with Gasteiger partial charge in [0.15, 0.2) is 6.61 Å². The third-order valence-corrected chi connectivity index (χ3v) is 4.45. The highest BCUT2D eigenvalue weighted by Gasteiger charge is 2.11. The molecule has 0 saturated carbocycles. The average Bonchev–Trinajstić information content (AvgIpc) is 2.81. The van der Waals surface area contributed by atoms with Gasteiger partial charge in [-0.15, -0.1) is 0 Å². The molecule has 0 saturated heterocycles. The van der Waals surface area contributed by atoms with Crippen molar-refractivity contribution in [2.75, 3.05) is 31.0 Å². The quantitative estimate of drug-likeness (QED) is 0.453. The Kier molecular flexibility index (Phi) is 10.6. The molecule has 2 N–H and O–H groups in total. The van der Waals surface area contributed by atoms with Gasteiger partial charge in [-0.3, -0.25) is 14.4 Å². The summed E-state index contributed by atoms with van der Waals surface area (Å²) < 4.78 is 15.2. The Balaban J connectivity index is 1.65. The molecule has 0 fully saturated rings. The fraction of sp³-hybridized carbons (Fsp3) is 0.360. The molecule has 2 rings (SSSR count). The molecule has 2 aromatic rings. The molecular formula is C25H30N2O7. The summed E-state index contributed by atoms with van der Waals surface area (Å²) in [5.41, 5.74) is 1.46.